The smallest absolute Gasteiger partial charge is 0.254 e. The highest BCUT2D eigenvalue weighted by atomic mass is 35.5. The van der Waals surface area contributed by atoms with Gasteiger partial charge >= 0.3 is 0 Å². The van der Waals surface area contributed by atoms with E-state index in [1.54, 1.807) is 18.3 Å². The van der Waals surface area contributed by atoms with E-state index in [4.69, 9.17) is 11.6 Å². The second-order valence-corrected chi connectivity index (χ2v) is 6.79. The van der Waals surface area contributed by atoms with Crippen LogP contribution in [-0.4, -0.2) is 34.9 Å². The number of halogens is 1. The minimum Gasteiger partial charge on any atom is -0.381 e. The first-order chi connectivity index (χ1) is 11.5. The number of rotatable bonds is 3. The summed E-state index contributed by atoms with van der Waals surface area (Å²) in [5.41, 5.74) is 4.27. The van der Waals surface area contributed by atoms with Crippen LogP contribution in [0.5, 0.6) is 0 Å². The van der Waals surface area contributed by atoms with Crippen LogP contribution in [0.15, 0.2) is 36.5 Å². The third-order valence-corrected chi connectivity index (χ3v) is 4.77. The Morgan fingerprint density at radius 2 is 2.08 bits per heavy atom. The van der Waals surface area contributed by atoms with Crippen LogP contribution in [-0.2, 0) is 0 Å². The number of piperidine rings is 1. The minimum atomic E-state index is 0.0193. The number of aryl methyl sites for hydroxylation is 2. The molecule has 1 amide bonds. The van der Waals surface area contributed by atoms with Gasteiger partial charge in [-0.25, -0.2) is 4.98 Å². The lowest BCUT2D eigenvalue weighted by Crippen LogP contribution is -2.45. The Balaban J connectivity index is 1.67. The van der Waals surface area contributed by atoms with Gasteiger partial charge in [0.05, 0.1) is 0 Å². The number of benzene rings is 1. The van der Waals surface area contributed by atoms with E-state index < -0.39 is 0 Å². The molecular weight excluding hydrogens is 322 g/mol. The van der Waals surface area contributed by atoms with Crippen LogP contribution in [0.25, 0.3) is 0 Å². The number of aromatic nitrogens is 1. The molecule has 5 heteroatoms. The molecule has 3 rings (SSSR count). The molecule has 1 aliphatic rings. The molecule has 1 N–H and O–H groups in total. The Morgan fingerprint density at radius 3 is 2.83 bits per heavy atom. The molecule has 1 saturated heterocycles. The lowest BCUT2D eigenvalue weighted by atomic mass is 10.0. The predicted molar refractivity (Wildman–Crippen MR) is 97.7 cm³/mol. The molecule has 2 aromatic rings. The predicted octanol–water partition coefficient (Wildman–Crippen LogP) is 4.07. The molecule has 1 atom stereocenters. The Morgan fingerprint density at radius 1 is 1.25 bits per heavy atom. The maximum absolute atomic E-state index is 12.7. The molecule has 0 bridgehead atoms. The molecule has 1 aromatic carbocycles. The monoisotopic (exact) mass is 343 g/mol. The van der Waals surface area contributed by atoms with Gasteiger partial charge in [-0.3, -0.25) is 4.79 Å². The number of hydrogen-bond donors (Lipinski definition) is 1. The average molecular weight is 344 g/mol. The van der Waals surface area contributed by atoms with Crippen molar-refractivity contribution in [2.75, 3.05) is 18.4 Å². The first-order valence-corrected chi connectivity index (χ1v) is 8.65. The number of hydrogen-bond acceptors (Lipinski definition) is 3. The molecule has 4 nitrogen and oxygen atoms in total. The summed E-state index contributed by atoms with van der Waals surface area (Å²) in [5.74, 6) is 0.0193. The van der Waals surface area contributed by atoms with Gasteiger partial charge in [-0.05, 0) is 62.1 Å². The first kappa shape index (κ1) is 16.8. The number of nitrogens with one attached hydrogen (secondary N) is 1. The van der Waals surface area contributed by atoms with Crippen molar-refractivity contribution in [2.45, 2.75) is 32.7 Å². The number of anilines is 1. The van der Waals surface area contributed by atoms with Gasteiger partial charge in [-0.2, -0.15) is 0 Å². The molecule has 126 valence electrons. The number of carbonyl (C=O) groups excluding carboxylic acids is 1. The third-order valence-electron chi connectivity index (χ3n) is 4.56. The highest BCUT2D eigenvalue weighted by Crippen LogP contribution is 2.20. The standard InChI is InChI=1S/C19H22ClN3O/c1-13-5-6-16(10-14(13)2)22-17-4-3-9-23(12-17)19(24)15-7-8-21-18(20)11-15/h5-8,10-11,17,22H,3-4,9,12H2,1-2H3/t17-/m1/s1. The van der Waals surface area contributed by atoms with Crippen molar-refractivity contribution in [1.82, 2.24) is 9.88 Å². The molecule has 0 radical (unpaired) electrons. The molecule has 24 heavy (non-hydrogen) atoms. The largest absolute Gasteiger partial charge is 0.381 e. The summed E-state index contributed by atoms with van der Waals surface area (Å²) in [6.45, 7) is 5.71. The number of carbonyl (C=O) groups is 1. The molecule has 2 heterocycles. The van der Waals surface area contributed by atoms with Crippen LogP contribution >= 0.6 is 11.6 Å². The number of pyridine rings is 1. The Bertz CT molecular complexity index is 747. The maximum atomic E-state index is 12.7. The minimum absolute atomic E-state index is 0.0193. The van der Waals surface area contributed by atoms with Crippen LogP contribution in [0.4, 0.5) is 5.69 Å². The molecule has 1 fully saturated rings. The summed E-state index contributed by atoms with van der Waals surface area (Å²) in [6.07, 6.45) is 3.63. The summed E-state index contributed by atoms with van der Waals surface area (Å²) in [6, 6.07) is 10.0. The van der Waals surface area contributed by atoms with Crippen molar-refractivity contribution < 1.29 is 4.79 Å². The van der Waals surface area contributed by atoms with Gasteiger partial charge in [0, 0.05) is 36.6 Å². The second-order valence-electron chi connectivity index (χ2n) is 6.40. The van der Waals surface area contributed by atoms with Crippen LogP contribution in [0.3, 0.4) is 0 Å². The normalized spacial score (nSPS) is 17.6. The van der Waals surface area contributed by atoms with E-state index in [0.29, 0.717) is 17.3 Å². The lowest BCUT2D eigenvalue weighted by molar-refractivity contribution is 0.0714. The summed E-state index contributed by atoms with van der Waals surface area (Å²) in [5, 5.41) is 3.91. The van der Waals surface area contributed by atoms with E-state index >= 15 is 0 Å². The lowest BCUT2D eigenvalue weighted by Gasteiger charge is -2.34. The van der Waals surface area contributed by atoms with E-state index in [1.165, 1.54) is 11.1 Å². The summed E-state index contributed by atoms with van der Waals surface area (Å²) >= 11 is 5.90. The zero-order valence-corrected chi connectivity index (χ0v) is 14.8. The molecular formula is C19H22ClN3O. The fourth-order valence-electron chi connectivity index (χ4n) is 3.06. The van der Waals surface area contributed by atoms with Gasteiger partial charge in [0.15, 0.2) is 0 Å². The van der Waals surface area contributed by atoms with Gasteiger partial charge in [-0.15, -0.1) is 0 Å². The first-order valence-electron chi connectivity index (χ1n) is 8.27. The number of nitrogens with zero attached hydrogens (tertiary/aromatic N) is 2. The molecule has 0 aliphatic carbocycles. The van der Waals surface area contributed by atoms with Crippen molar-refractivity contribution in [2.24, 2.45) is 0 Å². The second kappa shape index (κ2) is 7.22. The molecule has 0 saturated carbocycles. The molecule has 0 unspecified atom stereocenters. The maximum Gasteiger partial charge on any atom is 0.254 e. The van der Waals surface area contributed by atoms with E-state index in [-0.39, 0.29) is 11.9 Å². The van der Waals surface area contributed by atoms with Gasteiger partial charge in [0.2, 0.25) is 0 Å². The van der Waals surface area contributed by atoms with Crippen molar-refractivity contribution in [3.63, 3.8) is 0 Å². The zero-order valence-electron chi connectivity index (χ0n) is 14.1. The summed E-state index contributed by atoms with van der Waals surface area (Å²) in [7, 11) is 0. The van der Waals surface area contributed by atoms with Gasteiger partial charge < -0.3 is 10.2 Å². The Kier molecular flexibility index (Phi) is 5.05. The fourth-order valence-corrected chi connectivity index (χ4v) is 3.24. The molecule has 1 aromatic heterocycles. The van der Waals surface area contributed by atoms with Gasteiger partial charge in [-0.1, -0.05) is 17.7 Å². The van der Waals surface area contributed by atoms with Crippen LogP contribution < -0.4 is 5.32 Å². The fraction of sp³-hybridized carbons (Fsp3) is 0.368. The Hall–Kier alpha value is -2.07. The van der Waals surface area contributed by atoms with Crippen molar-refractivity contribution in [3.05, 3.63) is 58.4 Å². The van der Waals surface area contributed by atoms with Crippen LogP contribution in [0.2, 0.25) is 5.15 Å². The summed E-state index contributed by atoms with van der Waals surface area (Å²) in [4.78, 5) is 18.5. The van der Waals surface area contributed by atoms with E-state index in [9.17, 15) is 4.79 Å². The highest BCUT2D eigenvalue weighted by molar-refractivity contribution is 6.29. The summed E-state index contributed by atoms with van der Waals surface area (Å²) < 4.78 is 0. The molecule has 0 spiro atoms. The third kappa shape index (κ3) is 3.88. The Labute approximate surface area is 147 Å². The zero-order chi connectivity index (χ0) is 17.1. The van der Waals surface area contributed by atoms with E-state index in [0.717, 1.165) is 25.1 Å². The molecule has 1 aliphatic heterocycles. The van der Waals surface area contributed by atoms with Gasteiger partial charge in [0.1, 0.15) is 5.15 Å². The quantitative estimate of drug-likeness (QED) is 0.854. The number of amides is 1. The average Bonchev–Trinajstić information content (AvgIpc) is 2.58. The SMILES string of the molecule is Cc1ccc(N[C@@H]2CCCN(C(=O)c3ccnc(Cl)c3)C2)cc1C. The van der Waals surface area contributed by atoms with Crippen molar-refractivity contribution >= 4 is 23.2 Å². The van der Waals surface area contributed by atoms with Crippen molar-refractivity contribution in [3.8, 4) is 0 Å². The van der Waals surface area contributed by atoms with Crippen LogP contribution in [0, 0.1) is 13.8 Å². The number of likely N-dealkylation sites (tertiary alicyclic amines) is 1. The van der Waals surface area contributed by atoms with Crippen molar-refractivity contribution in [1.29, 1.82) is 0 Å². The highest BCUT2D eigenvalue weighted by Gasteiger charge is 2.24. The van der Waals surface area contributed by atoms with E-state index in [1.807, 2.05) is 4.90 Å². The van der Waals surface area contributed by atoms with Gasteiger partial charge in [0.25, 0.3) is 5.91 Å². The van der Waals surface area contributed by atoms with E-state index in [2.05, 4.69) is 42.3 Å². The topological polar surface area (TPSA) is 45.2 Å². The van der Waals surface area contributed by atoms with Crippen LogP contribution in [0.1, 0.15) is 34.3 Å².